The van der Waals surface area contributed by atoms with E-state index in [4.69, 9.17) is 4.74 Å². The van der Waals surface area contributed by atoms with Gasteiger partial charge in [0, 0.05) is 19.6 Å². The fraction of sp³-hybridized carbons (Fsp3) is 0.769. The number of aromatic nitrogens is 2. The van der Waals surface area contributed by atoms with Gasteiger partial charge >= 0.3 is 0 Å². The van der Waals surface area contributed by atoms with Crippen molar-refractivity contribution in [3.63, 3.8) is 0 Å². The van der Waals surface area contributed by atoms with Crippen LogP contribution in [0.2, 0.25) is 0 Å². The first kappa shape index (κ1) is 14.4. The van der Waals surface area contributed by atoms with E-state index in [2.05, 4.69) is 28.8 Å². The molecule has 1 atom stereocenters. The number of carbonyl (C=O) groups is 1. The Labute approximate surface area is 117 Å². The monoisotopic (exact) mass is 283 g/mol. The Bertz CT molecular complexity index is 414. The van der Waals surface area contributed by atoms with E-state index in [1.54, 1.807) is 0 Å². The van der Waals surface area contributed by atoms with Crippen molar-refractivity contribution < 1.29 is 9.53 Å². The summed E-state index contributed by atoms with van der Waals surface area (Å²) in [6.07, 6.45) is 2.71. The minimum atomic E-state index is 0.0959. The van der Waals surface area contributed by atoms with E-state index < -0.39 is 0 Å². The van der Waals surface area contributed by atoms with Crippen molar-refractivity contribution in [2.45, 2.75) is 45.6 Å². The summed E-state index contributed by atoms with van der Waals surface area (Å²) in [4.78, 5) is 12.9. The quantitative estimate of drug-likeness (QED) is 0.898. The number of ether oxygens (including phenoxy) is 1. The molecule has 1 aliphatic heterocycles. The molecule has 106 valence electrons. The third-order valence-electron chi connectivity index (χ3n) is 3.31. The predicted octanol–water partition coefficient (Wildman–Crippen LogP) is 2.09. The molecule has 1 N–H and O–H groups in total. The van der Waals surface area contributed by atoms with Gasteiger partial charge in [0.15, 0.2) is 0 Å². The van der Waals surface area contributed by atoms with Crippen LogP contribution in [0.4, 0.5) is 0 Å². The molecule has 1 fully saturated rings. The van der Waals surface area contributed by atoms with Crippen LogP contribution >= 0.6 is 11.5 Å². The van der Waals surface area contributed by atoms with E-state index >= 15 is 0 Å². The Morgan fingerprint density at radius 1 is 1.58 bits per heavy atom. The van der Waals surface area contributed by atoms with Crippen LogP contribution in [-0.4, -0.2) is 28.7 Å². The van der Waals surface area contributed by atoms with Crippen molar-refractivity contribution in [3.8, 4) is 0 Å². The maximum absolute atomic E-state index is 11.9. The van der Waals surface area contributed by atoms with Crippen LogP contribution in [0.1, 0.15) is 49.6 Å². The van der Waals surface area contributed by atoms with E-state index in [0.717, 1.165) is 30.0 Å². The molecule has 2 heterocycles. The zero-order chi connectivity index (χ0) is 13.7. The smallest absolute Gasteiger partial charge is 0.220 e. The lowest BCUT2D eigenvalue weighted by Gasteiger charge is -2.21. The lowest BCUT2D eigenvalue weighted by molar-refractivity contribution is -0.123. The number of amides is 1. The van der Waals surface area contributed by atoms with Crippen LogP contribution < -0.4 is 5.32 Å². The second-order valence-corrected chi connectivity index (χ2v) is 6.14. The van der Waals surface area contributed by atoms with Crippen molar-refractivity contribution in [2.24, 2.45) is 5.92 Å². The summed E-state index contributed by atoms with van der Waals surface area (Å²) >= 11 is 1.37. The van der Waals surface area contributed by atoms with Crippen LogP contribution in [0.5, 0.6) is 0 Å². The molecule has 0 unspecified atom stereocenters. The van der Waals surface area contributed by atoms with E-state index in [-0.39, 0.29) is 5.91 Å². The third kappa shape index (κ3) is 4.24. The molecule has 0 saturated carbocycles. The highest BCUT2D eigenvalue weighted by molar-refractivity contribution is 7.05. The second-order valence-electron chi connectivity index (χ2n) is 5.30. The van der Waals surface area contributed by atoms with Crippen molar-refractivity contribution in [1.82, 2.24) is 14.9 Å². The molecule has 0 aliphatic carbocycles. The molecule has 0 spiro atoms. The Hall–Kier alpha value is -1.01. The van der Waals surface area contributed by atoms with Crippen LogP contribution in [0.3, 0.4) is 0 Å². The molecule has 1 aromatic heterocycles. The standard InChI is InChI=1S/C13H21N3O2S/c1-9(2)13-11(19-16-15-13)7-14-12(17)6-10-4-3-5-18-8-10/h9-10H,3-8H2,1-2H3,(H,14,17)/t10-/m0/s1. The highest BCUT2D eigenvalue weighted by Crippen LogP contribution is 2.20. The van der Waals surface area contributed by atoms with Gasteiger partial charge in [-0.05, 0) is 36.2 Å². The SMILES string of the molecule is CC(C)c1nnsc1CNC(=O)C[C@@H]1CCCOC1. The highest BCUT2D eigenvalue weighted by atomic mass is 32.1. The molecular formula is C13H21N3O2S. The second kappa shape index (κ2) is 6.96. The van der Waals surface area contributed by atoms with Gasteiger partial charge in [0.1, 0.15) is 0 Å². The summed E-state index contributed by atoms with van der Waals surface area (Å²) in [5.74, 6) is 0.814. The normalized spacial score (nSPS) is 19.6. The summed E-state index contributed by atoms with van der Waals surface area (Å²) in [7, 11) is 0. The van der Waals surface area contributed by atoms with Gasteiger partial charge in [0.2, 0.25) is 5.91 Å². The van der Waals surface area contributed by atoms with Gasteiger partial charge in [-0.15, -0.1) is 5.10 Å². The number of nitrogens with zero attached hydrogens (tertiary/aromatic N) is 2. The average Bonchev–Trinajstić information content (AvgIpc) is 2.86. The number of hydrogen-bond acceptors (Lipinski definition) is 5. The number of rotatable bonds is 5. The lowest BCUT2D eigenvalue weighted by atomic mass is 9.98. The number of carbonyl (C=O) groups excluding carboxylic acids is 1. The summed E-state index contributed by atoms with van der Waals surface area (Å²) < 4.78 is 9.34. The van der Waals surface area contributed by atoms with Crippen LogP contribution in [-0.2, 0) is 16.1 Å². The molecule has 6 heteroatoms. The fourth-order valence-corrected chi connectivity index (χ4v) is 2.99. The minimum Gasteiger partial charge on any atom is -0.381 e. The third-order valence-corrected chi connectivity index (χ3v) is 4.04. The van der Waals surface area contributed by atoms with Crippen molar-refractivity contribution in [1.29, 1.82) is 0 Å². The summed E-state index contributed by atoms with van der Waals surface area (Å²) in [6, 6.07) is 0. The Morgan fingerprint density at radius 2 is 2.42 bits per heavy atom. The maximum atomic E-state index is 11.9. The molecule has 1 aliphatic rings. The highest BCUT2D eigenvalue weighted by Gasteiger charge is 2.18. The van der Waals surface area contributed by atoms with E-state index in [1.165, 1.54) is 11.5 Å². The van der Waals surface area contributed by atoms with Crippen molar-refractivity contribution >= 4 is 17.4 Å². The van der Waals surface area contributed by atoms with Crippen LogP contribution in [0.15, 0.2) is 0 Å². The average molecular weight is 283 g/mol. The topological polar surface area (TPSA) is 64.1 Å². The Morgan fingerprint density at radius 3 is 3.11 bits per heavy atom. The molecule has 2 rings (SSSR count). The molecule has 0 bridgehead atoms. The van der Waals surface area contributed by atoms with Crippen molar-refractivity contribution in [3.05, 3.63) is 10.6 Å². The first-order valence-electron chi connectivity index (χ1n) is 6.82. The summed E-state index contributed by atoms with van der Waals surface area (Å²) in [5.41, 5.74) is 0.992. The van der Waals surface area contributed by atoms with E-state index in [1.807, 2.05) is 0 Å². The van der Waals surface area contributed by atoms with Gasteiger partial charge < -0.3 is 10.1 Å². The fourth-order valence-electron chi connectivity index (χ4n) is 2.26. The minimum absolute atomic E-state index is 0.0959. The van der Waals surface area contributed by atoms with Gasteiger partial charge in [0.25, 0.3) is 0 Å². The van der Waals surface area contributed by atoms with Crippen molar-refractivity contribution in [2.75, 3.05) is 13.2 Å². The lowest BCUT2D eigenvalue weighted by Crippen LogP contribution is -2.28. The number of hydrogen-bond donors (Lipinski definition) is 1. The molecule has 1 amide bonds. The molecule has 0 radical (unpaired) electrons. The predicted molar refractivity (Wildman–Crippen MR) is 74.0 cm³/mol. The first-order chi connectivity index (χ1) is 9.16. The zero-order valence-corrected chi connectivity index (χ0v) is 12.3. The van der Waals surface area contributed by atoms with Gasteiger partial charge in [-0.1, -0.05) is 18.3 Å². The first-order valence-corrected chi connectivity index (χ1v) is 7.59. The van der Waals surface area contributed by atoms with Gasteiger partial charge in [-0.3, -0.25) is 4.79 Å². The summed E-state index contributed by atoms with van der Waals surface area (Å²) in [6.45, 7) is 6.26. The maximum Gasteiger partial charge on any atom is 0.220 e. The molecular weight excluding hydrogens is 262 g/mol. The van der Waals surface area contributed by atoms with E-state index in [0.29, 0.717) is 31.4 Å². The van der Waals surface area contributed by atoms with E-state index in [9.17, 15) is 4.79 Å². The van der Waals surface area contributed by atoms with Crippen LogP contribution in [0, 0.1) is 5.92 Å². The number of nitrogens with one attached hydrogen (secondary N) is 1. The van der Waals surface area contributed by atoms with Gasteiger partial charge in [-0.2, -0.15) is 0 Å². The molecule has 5 nitrogen and oxygen atoms in total. The molecule has 0 aromatic carbocycles. The Balaban J connectivity index is 1.78. The molecule has 1 saturated heterocycles. The summed E-state index contributed by atoms with van der Waals surface area (Å²) in [5, 5.41) is 7.07. The zero-order valence-electron chi connectivity index (χ0n) is 11.5. The van der Waals surface area contributed by atoms with Gasteiger partial charge in [0.05, 0.1) is 17.1 Å². The van der Waals surface area contributed by atoms with Gasteiger partial charge in [-0.25, -0.2) is 0 Å². The Kier molecular flexibility index (Phi) is 5.27. The molecule has 1 aromatic rings. The van der Waals surface area contributed by atoms with Crippen LogP contribution in [0.25, 0.3) is 0 Å². The molecule has 19 heavy (non-hydrogen) atoms. The largest absolute Gasteiger partial charge is 0.381 e.